The summed E-state index contributed by atoms with van der Waals surface area (Å²) in [4.78, 5) is 14.5. The SMILES string of the molecule is Cc1cccc(C)c1NC(=O)C(C)N1CCC(C)C(O)C1. The summed E-state index contributed by atoms with van der Waals surface area (Å²) >= 11 is 0. The smallest absolute Gasteiger partial charge is 0.241 e. The van der Waals surface area contributed by atoms with Crippen LogP contribution in [0, 0.1) is 19.8 Å². The van der Waals surface area contributed by atoms with E-state index in [9.17, 15) is 9.90 Å². The van der Waals surface area contributed by atoms with Crippen molar-refractivity contribution in [2.24, 2.45) is 5.92 Å². The van der Waals surface area contributed by atoms with Crippen molar-refractivity contribution in [2.75, 3.05) is 18.4 Å². The number of β-amino-alcohol motifs (C(OH)–C–C–N with tert-alkyl or cyclic N) is 1. The van der Waals surface area contributed by atoms with Gasteiger partial charge in [-0.2, -0.15) is 0 Å². The molecule has 0 radical (unpaired) electrons. The van der Waals surface area contributed by atoms with Crippen molar-refractivity contribution in [1.29, 1.82) is 0 Å². The van der Waals surface area contributed by atoms with Gasteiger partial charge in [-0.05, 0) is 50.8 Å². The van der Waals surface area contributed by atoms with Gasteiger partial charge in [-0.25, -0.2) is 0 Å². The Labute approximate surface area is 127 Å². The summed E-state index contributed by atoms with van der Waals surface area (Å²) in [5, 5.41) is 13.0. The summed E-state index contributed by atoms with van der Waals surface area (Å²) in [7, 11) is 0. The van der Waals surface area contributed by atoms with Gasteiger partial charge < -0.3 is 10.4 Å². The van der Waals surface area contributed by atoms with Crippen LogP contribution in [0.15, 0.2) is 18.2 Å². The third kappa shape index (κ3) is 3.63. The van der Waals surface area contributed by atoms with Gasteiger partial charge >= 0.3 is 0 Å². The lowest BCUT2D eigenvalue weighted by Gasteiger charge is -2.37. The number of nitrogens with zero attached hydrogens (tertiary/aromatic N) is 1. The summed E-state index contributed by atoms with van der Waals surface area (Å²) in [6.45, 7) is 9.40. The minimum Gasteiger partial charge on any atom is -0.392 e. The van der Waals surface area contributed by atoms with E-state index in [1.165, 1.54) is 0 Å². The molecule has 1 saturated heterocycles. The molecule has 2 rings (SSSR count). The Hall–Kier alpha value is -1.39. The molecule has 1 fully saturated rings. The van der Waals surface area contributed by atoms with Gasteiger partial charge in [0.1, 0.15) is 0 Å². The second-order valence-electron chi connectivity index (χ2n) is 6.26. The number of likely N-dealkylation sites (tertiary alicyclic amines) is 1. The van der Waals surface area contributed by atoms with Crippen LogP contribution in [0.1, 0.15) is 31.4 Å². The highest BCUT2D eigenvalue weighted by atomic mass is 16.3. The highest BCUT2D eigenvalue weighted by Gasteiger charge is 2.30. The quantitative estimate of drug-likeness (QED) is 0.898. The van der Waals surface area contributed by atoms with Crippen molar-refractivity contribution in [2.45, 2.75) is 46.3 Å². The number of aryl methyl sites for hydroxylation is 2. The topological polar surface area (TPSA) is 52.6 Å². The molecule has 1 aliphatic heterocycles. The molecule has 1 aromatic rings. The van der Waals surface area contributed by atoms with E-state index in [1.807, 2.05) is 39.0 Å². The molecule has 1 aliphatic rings. The molecule has 2 N–H and O–H groups in total. The molecule has 0 bridgehead atoms. The average molecular weight is 290 g/mol. The predicted molar refractivity (Wildman–Crippen MR) is 85.4 cm³/mol. The number of anilines is 1. The van der Waals surface area contributed by atoms with E-state index < -0.39 is 0 Å². The average Bonchev–Trinajstić information content (AvgIpc) is 2.45. The van der Waals surface area contributed by atoms with Crippen LogP contribution < -0.4 is 5.32 Å². The summed E-state index contributed by atoms with van der Waals surface area (Å²) < 4.78 is 0. The summed E-state index contributed by atoms with van der Waals surface area (Å²) in [6.07, 6.45) is 0.594. The van der Waals surface area contributed by atoms with Gasteiger partial charge in [0.05, 0.1) is 12.1 Å². The van der Waals surface area contributed by atoms with E-state index in [0.29, 0.717) is 12.5 Å². The van der Waals surface area contributed by atoms with E-state index in [4.69, 9.17) is 0 Å². The Morgan fingerprint density at radius 1 is 1.38 bits per heavy atom. The fourth-order valence-corrected chi connectivity index (χ4v) is 2.83. The first kappa shape index (κ1) is 16.0. The number of carbonyl (C=O) groups excluding carboxylic acids is 1. The van der Waals surface area contributed by atoms with Crippen LogP contribution >= 0.6 is 0 Å². The highest BCUT2D eigenvalue weighted by molar-refractivity contribution is 5.95. The standard InChI is InChI=1S/C17H26N2O2/c1-11-8-9-19(10-15(11)20)14(4)17(21)18-16-12(2)6-5-7-13(16)3/h5-7,11,14-15,20H,8-10H2,1-4H3,(H,18,21). The summed E-state index contributed by atoms with van der Waals surface area (Å²) in [5.74, 6) is 0.310. The second-order valence-corrected chi connectivity index (χ2v) is 6.26. The Bertz CT molecular complexity index is 495. The van der Waals surface area contributed by atoms with Crippen LogP contribution in [0.2, 0.25) is 0 Å². The zero-order valence-electron chi connectivity index (χ0n) is 13.4. The van der Waals surface area contributed by atoms with Gasteiger partial charge in [0.25, 0.3) is 0 Å². The van der Waals surface area contributed by atoms with Crippen molar-refractivity contribution in [3.63, 3.8) is 0 Å². The van der Waals surface area contributed by atoms with Gasteiger partial charge in [-0.15, -0.1) is 0 Å². The van der Waals surface area contributed by atoms with Crippen LogP contribution in [-0.2, 0) is 4.79 Å². The van der Waals surface area contributed by atoms with Crippen LogP contribution in [0.3, 0.4) is 0 Å². The zero-order valence-corrected chi connectivity index (χ0v) is 13.4. The fraction of sp³-hybridized carbons (Fsp3) is 0.588. The summed E-state index contributed by atoms with van der Waals surface area (Å²) in [5.41, 5.74) is 3.05. The van der Waals surface area contributed by atoms with Crippen LogP contribution in [0.4, 0.5) is 5.69 Å². The van der Waals surface area contributed by atoms with Gasteiger partial charge in [0, 0.05) is 12.2 Å². The molecule has 0 aromatic heterocycles. The normalized spacial score (nSPS) is 24.6. The minimum absolute atomic E-state index is 0.00541. The van der Waals surface area contributed by atoms with Crippen molar-refractivity contribution < 1.29 is 9.90 Å². The van der Waals surface area contributed by atoms with Crippen molar-refractivity contribution in [1.82, 2.24) is 4.90 Å². The number of aliphatic hydroxyl groups excluding tert-OH is 1. The maximum Gasteiger partial charge on any atom is 0.241 e. The van der Waals surface area contributed by atoms with Gasteiger partial charge in [0.2, 0.25) is 5.91 Å². The number of benzene rings is 1. The minimum atomic E-state index is -0.339. The lowest BCUT2D eigenvalue weighted by molar-refractivity contribution is -0.122. The molecule has 3 unspecified atom stereocenters. The lowest BCUT2D eigenvalue weighted by Crippen LogP contribution is -2.50. The molecular weight excluding hydrogens is 264 g/mol. The maximum atomic E-state index is 12.5. The van der Waals surface area contributed by atoms with E-state index in [-0.39, 0.29) is 18.1 Å². The Kier molecular flexibility index (Phi) is 5.01. The van der Waals surface area contributed by atoms with Gasteiger partial charge in [-0.1, -0.05) is 25.1 Å². The molecule has 21 heavy (non-hydrogen) atoms. The number of amides is 1. The third-order valence-corrected chi connectivity index (χ3v) is 4.61. The van der Waals surface area contributed by atoms with E-state index in [2.05, 4.69) is 17.1 Å². The largest absolute Gasteiger partial charge is 0.392 e. The molecule has 1 heterocycles. The van der Waals surface area contributed by atoms with Crippen molar-refractivity contribution in [3.05, 3.63) is 29.3 Å². The van der Waals surface area contributed by atoms with Gasteiger partial charge in [-0.3, -0.25) is 9.69 Å². The number of hydrogen-bond donors (Lipinski definition) is 2. The second kappa shape index (κ2) is 6.58. The monoisotopic (exact) mass is 290 g/mol. The number of carbonyl (C=O) groups is 1. The molecule has 116 valence electrons. The Morgan fingerprint density at radius 3 is 2.57 bits per heavy atom. The van der Waals surface area contributed by atoms with Crippen LogP contribution in [0.25, 0.3) is 0 Å². The molecule has 0 aliphatic carbocycles. The molecule has 0 spiro atoms. The highest BCUT2D eigenvalue weighted by Crippen LogP contribution is 2.22. The molecule has 4 heteroatoms. The number of piperidine rings is 1. The van der Waals surface area contributed by atoms with Crippen LogP contribution in [0.5, 0.6) is 0 Å². The Morgan fingerprint density at radius 2 is 2.00 bits per heavy atom. The first-order valence-corrected chi connectivity index (χ1v) is 7.69. The predicted octanol–water partition coefficient (Wildman–Crippen LogP) is 2.33. The maximum absolute atomic E-state index is 12.5. The third-order valence-electron chi connectivity index (χ3n) is 4.61. The first-order chi connectivity index (χ1) is 9.90. The number of para-hydroxylation sites is 1. The molecular formula is C17H26N2O2. The first-order valence-electron chi connectivity index (χ1n) is 7.69. The van der Waals surface area contributed by atoms with Crippen molar-refractivity contribution in [3.8, 4) is 0 Å². The molecule has 3 atom stereocenters. The van der Waals surface area contributed by atoms with Crippen LogP contribution in [-0.4, -0.2) is 41.1 Å². The number of aliphatic hydroxyl groups is 1. The zero-order chi connectivity index (χ0) is 15.6. The lowest BCUT2D eigenvalue weighted by atomic mass is 9.95. The van der Waals surface area contributed by atoms with Crippen molar-refractivity contribution >= 4 is 11.6 Å². The summed E-state index contributed by atoms with van der Waals surface area (Å²) in [6, 6.07) is 5.76. The molecule has 1 amide bonds. The van der Waals surface area contributed by atoms with Gasteiger partial charge in [0.15, 0.2) is 0 Å². The number of hydrogen-bond acceptors (Lipinski definition) is 3. The van der Waals surface area contributed by atoms with E-state index in [1.54, 1.807) is 0 Å². The molecule has 4 nitrogen and oxygen atoms in total. The molecule has 1 aromatic carbocycles. The molecule has 0 saturated carbocycles. The number of nitrogens with one attached hydrogen (secondary N) is 1. The number of rotatable bonds is 3. The van der Waals surface area contributed by atoms with E-state index in [0.717, 1.165) is 29.8 Å². The fourth-order valence-electron chi connectivity index (χ4n) is 2.83. The van der Waals surface area contributed by atoms with E-state index >= 15 is 0 Å². The Balaban J connectivity index is 2.03.